The molecule has 0 saturated carbocycles. The smallest absolute Gasteiger partial charge is 0.256 e. The van der Waals surface area contributed by atoms with E-state index in [9.17, 15) is 5.11 Å². The molecule has 1 N–H and O–H groups in total. The maximum absolute atomic E-state index is 9.34. The summed E-state index contributed by atoms with van der Waals surface area (Å²) in [5, 5.41) is 9.91. The van der Waals surface area contributed by atoms with Crippen molar-refractivity contribution < 1.29 is 9.52 Å². The first kappa shape index (κ1) is 7.49. The number of para-hydroxylation sites is 1. The molecule has 2 rings (SSSR count). The van der Waals surface area contributed by atoms with Crippen LogP contribution in [0.15, 0.2) is 27.8 Å². The van der Waals surface area contributed by atoms with Crippen molar-refractivity contribution in [3.63, 3.8) is 0 Å². The molecule has 4 heteroatoms. The molecular weight excluding hydrogens is 174 g/mol. The van der Waals surface area contributed by atoms with Gasteiger partial charge in [0.2, 0.25) is 0 Å². The molecule has 0 amide bonds. The van der Waals surface area contributed by atoms with E-state index in [4.69, 9.17) is 4.42 Å². The molecule has 0 saturated heterocycles. The second-order valence-electron chi connectivity index (χ2n) is 2.31. The van der Waals surface area contributed by atoms with Crippen LogP contribution in [0.4, 0.5) is 0 Å². The number of benzene rings is 1. The summed E-state index contributed by atoms with van der Waals surface area (Å²) in [5.74, 6) is 0.139. The maximum atomic E-state index is 9.34. The van der Waals surface area contributed by atoms with Crippen LogP contribution in [0.5, 0.6) is 5.75 Å². The minimum atomic E-state index is 0.139. The zero-order valence-corrected chi connectivity index (χ0v) is 7.26. The first-order valence-corrected chi connectivity index (χ1v) is 4.66. The third kappa shape index (κ3) is 1.04. The Kier molecular flexibility index (Phi) is 1.69. The fourth-order valence-corrected chi connectivity index (χ4v) is 1.36. The lowest BCUT2D eigenvalue weighted by Gasteiger charge is -1.88. The summed E-state index contributed by atoms with van der Waals surface area (Å²) in [6, 6.07) is 5.13. The fraction of sp³-hybridized carbons (Fsp3) is 0.125. The van der Waals surface area contributed by atoms with E-state index in [1.54, 1.807) is 18.2 Å². The van der Waals surface area contributed by atoms with Gasteiger partial charge in [-0.2, -0.15) is 0 Å². The van der Waals surface area contributed by atoms with Gasteiger partial charge in [-0.25, -0.2) is 4.98 Å². The van der Waals surface area contributed by atoms with Gasteiger partial charge in [-0.1, -0.05) is 17.8 Å². The highest BCUT2D eigenvalue weighted by Crippen LogP contribution is 2.27. The van der Waals surface area contributed by atoms with Crippen LogP contribution < -0.4 is 0 Å². The summed E-state index contributed by atoms with van der Waals surface area (Å²) in [4.78, 5) is 4.13. The number of nitrogens with zero attached hydrogens (tertiary/aromatic N) is 1. The van der Waals surface area contributed by atoms with Crippen molar-refractivity contribution in [3.8, 4) is 5.75 Å². The number of rotatable bonds is 1. The molecule has 12 heavy (non-hydrogen) atoms. The highest BCUT2D eigenvalue weighted by molar-refractivity contribution is 7.98. The van der Waals surface area contributed by atoms with Gasteiger partial charge in [0.1, 0.15) is 5.52 Å². The molecule has 1 aromatic heterocycles. The van der Waals surface area contributed by atoms with Gasteiger partial charge in [0.05, 0.1) is 0 Å². The van der Waals surface area contributed by atoms with Crippen LogP contribution >= 0.6 is 11.8 Å². The summed E-state index contributed by atoms with van der Waals surface area (Å²) < 4.78 is 5.25. The Labute approximate surface area is 73.4 Å². The highest BCUT2D eigenvalue weighted by atomic mass is 32.2. The van der Waals surface area contributed by atoms with Crippen LogP contribution in [0.1, 0.15) is 0 Å². The largest absolute Gasteiger partial charge is 0.504 e. The number of phenols is 1. The second-order valence-corrected chi connectivity index (χ2v) is 3.07. The lowest BCUT2D eigenvalue weighted by molar-refractivity contribution is 0.441. The van der Waals surface area contributed by atoms with Crippen molar-refractivity contribution >= 4 is 22.9 Å². The predicted octanol–water partition coefficient (Wildman–Crippen LogP) is 2.26. The quantitative estimate of drug-likeness (QED) is 0.685. The van der Waals surface area contributed by atoms with Crippen LogP contribution in [-0.2, 0) is 0 Å². The maximum Gasteiger partial charge on any atom is 0.256 e. The van der Waals surface area contributed by atoms with Crippen LogP contribution in [0, 0.1) is 0 Å². The van der Waals surface area contributed by atoms with Crippen LogP contribution in [0.25, 0.3) is 11.1 Å². The third-order valence-corrected chi connectivity index (χ3v) is 2.07. The average Bonchev–Trinajstić information content (AvgIpc) is 2.49. The summed E-state index contributed by atoms with van der Waals surface area (Å²) in [6.07, 6.45) is 1.88. The number of phenolic OH excluding ortho intramolecular Hbond substituents is 1. The topological polar surface area (TPSA) is 46.3 Å². The fourth-order valence-electron chi connectivity index (χ4n) is 1.00. The van der Waals surface area contributed by atoms with Crippen molar-refractivity contribution in [1.82, 2.24) is 4.98 Å². The Balaban J connectivity index is 2.74. The van der Waals surface area contributed by atoms with Crippen molar-refractivity contribution in [2.24, 2.45) is 0 Å². The normalized spacial score (nSPS) is 10.8. The first-order chi connectivity index (χ1) is 5.81. The summed E-state index contributed by atoms with van der Waals surface area (Å²) >= 11 is 1.41. The van der Waals surface area contributed by atoms with E-state index in [2.05, 4.69) is 4.98 Å². The summed E-state index contributed by atoms with van der Waals surface area (Å²) in [7, 11) is 0. The molecular formula is C8H7NO2S. The van der Waals surface area contributed by atoms with Gasteiger partial charge in [-0.05, 0) is 18.4 Å². The Hall–Kier alpha value is -1.16. The Morgan fingerprint density at radius 2 is 2.33 bits per heavy atom. The standard InChI is InChI=1S/C8H7NO2S/c1-12-8-9-5-3-2-4-6(10)7(5)11-8/h2-4,10H,1H3. The van der Waals surface area contributed by atoms with E-state index in [0.717, 1.165) is 0 Å². The number of aromatic nitrogens is 1. The minimum Gasteiger partial charge on any atom is -0.504 e. The van der Waals surface area contributed by atoms with Gasteiger partial charge in [0.15, 0.2) is 11.3 Å². The zero-order valence-electron chi connectivity index (χ0n) is 6.44. The van der Waals surface area contributed by atoms with Gasteiger partial charge in [0.25, 0.3) is 5.22 Å². The molecule has 0 radical (unpaired) electrons. The lowest BCUT2D eigenvalue weighted by Crippen LogP contribution is -1.67. The van der Waals surface area contributed by atoms with Crippen LogP contribution in [-0.4, -0.2) is 16.3 Å². The third-order valence-electron chi connectivity index (χ3n) is 1.55. The van der Waals surface area contributed by atoms with Crippen LogP contribution in [0.3, 0.4) is 0 Å². The lowest BCUT2D eigenvalue weighted by atomic mass is 10.3. The van der Waals surface area contributed by atoms with E-state index >= 15 is 0 Å². The van der Waals surface area contributed by atoms with E-state index in [1.807, 2.05) is 6.26 Å². The first-order valence-electron chi connectivity index (χ1n) is 3.44. The Morgan fingerprint density at radius 3 is 3.00 bits per heavy atom. The molecule has 0 unspecified atom stereocenters. The van der Waals surface area contributed by atoms with Crippen molar-refractivity contribution in [2.75, 3.05) is 6.26 Å². The van der Waals surface area contributed by atoms with E-state index in [1.165, 1.54) is 11.8 Å². The van der Waals surface area contributed by atoms with E-state index < -0.39 is 0 Å². The van der Waals surface area contributed by atoms with Gasteiger partial charge >= 0.3 is 0 Å². The molecule has 0 aliphatic heterocycles. The Bertz CT molecular complexity index is 410. The number of oxazole rings is 1. The molecule has 0 atom stereocenters. The number of thioether (sulfide) groups is 1. The summed E-state index contributed by atoms with van der Waals surface area (Å²) in [5.41, 5.74) is 1.15. The van der Waals surface area contributed by atoms with Crippen LogP contribution in [0.2, 0.25) is 0 Å². The summed E-state index contributed by atoms with van der Waals surface area (Å²) in [6.45, 7) is 0. The van der Waals surface area contributed by atoms with Gasteiger partial charge in [-0.15, -0.1) is 0 Å². The van der Waals surface area contributed by atoms with Crippen molar-refractivity contribution in [3.05, 3.63) is 18.2 Å². The molecule has 0 aliphatic carbocycles. The number of fused-ring (bicyclic) bond motifs is 1. The van der Waals surface area contributed by atoms with Crippen molar-refractivity contribution in [2.45, 2.75) is 5.22 Å². The van der Waals surface area contributed by atoms with Gasteiger partial charge in [0, 0.05) is 0 Å². The number of hydrogen-bond acceptors (Lipinski definition) is 4. The average molecular weight is 181 g/mol. The van der Waals surface area contributed by atoms with E-state index in [-0.39, 0.29) is 5.75 Å². The molecule has 0 spiro atoms. The molecule has 2 aromatic rings. The predicted molar refractivity (Wildman–Crippen MR) is 47.5 cm³/mol. The molecule has 1 aromatic carbocycles. The second kappa shape index (κ2) is 2.71. The molecule has 0 aliphatic rings. The van der Waals surface area contributed by atoms with Gasteiger partial charge in [-0.3, -0.25) is 0 Å². The number of hydrogen-bond donors (Lipinski definition) is 1. The van der Waals surface area contributed by atoms with E-state index in [0.29, 0.717) is 16.3 Å². The SMILES string of the molecule is CSc1nc2cccc(O)c2o1. The number of aromatic hydroxyl groups is 1. The Morgan fingerprint density at radius 1 is 1.50 bits per heavy atom. The molecule has 0 bridgehead atoms. The molecule has 3 nitrogen and oxygen atoms in total. The molecule has 0 fully saturated rings. The minimum absolute atomic E-state index is 0.139. The van der Waals surface area contributed by atoms with Gasteiger partial charge < -0.3 is 9.52 Å². The molecule has 62 valence electrons. The monoisotopic (exact) mass is 181 g/mol. The zero-order chi connectivity index (χ0) is 8.55. The molecule has 1 heterocycles. The van der Waals surface area contributed by atoms with Crippen molar-refractivity contribution in [1.29, 1.82) is 0 Å². The highest BCUT2D eigenvalue weighted by Gasteiger charge is 2.06.